The second kappa shape index (κ2) is 6.55. The van der Waals surface area contributed by atoms with Gasteiger partial charge in [-0.15, -0.1) is 0 Å². The van der Waals surface area contributed by atoms with Gasteiger partial charge in [0.25, 0.3) is 0 Å². The lowest BCUT2D eigenvalue weighted by molar-refractivity contribution is 0.272. The molecule has 1 aliphatic carbocycles. The van der Waals surface area contributed by atoms with Crippen LogP contribution in [-0.2, 0) is 9.84 Å². The summed E-state index contributed by atoms with van der Waals surface area (Å²) in [6, 6.07) is 10.3. The first kappa shape index (κ1) is 15.3. The highest BCUT2D eigenvalue weighted by atomic mass is 32.2. The van der Waals surface area contributed by atoms with E-state index in [1.165, 1.54) is 11.8 Å². The maximum atomic E-state index is 11.8. The van der Waals surface area contributed by atoms with Gasteiger partial charge in [0.15, 0.2) is 9.84 Å². The third-order valence-electron chi connectivity index (χ3n) is 4.04. The van der Waals surface area contributed by atoms with Crippen molar-refractivity contribution < 1.29 is 8.42 Å². The third kappa shape index (κ3) is 3.93. The van der Waals surface area contributed by atoms with E-state index in [1.54, 1.807) is 0 Å². The highest BCUT2D eigenvalue weighted by molar-refractivity contribution is 7.91. The number of rotatable bonds is 5. The maximum absolute atomic E-state index is 11.8. The van der Waals surface area contributed by atoms with Gasteiger partial charge in [-0.2, -0.15) is 0 Å². The summed E-state index contributed by atoms with van der Waals surface area (Å²) in [5, 5.41) is -0.197. The summed E-state index contributed by atoms with van der Waals surface area (Å²) in [5.41, 5.74) is 1.17. The Morgan fingerprint density at radius 3 is 2.60 bits per heavy atom. The molecule has 20 heavy (non-hydrogen) atoms. The van der Waals surface area contributed by atoms with E-state index in [9.17, 15) is 8.42 Å². The van der Waals surface area contributed by atoms with Crippen LogP contribution in [0.25, 0.3) is 6.08 Å². The third-order valence-corrected chi connectivity index (χ3v) is 5.69. The molecule has 1 aliphatic rings. The summed E-state index contributed by atoms with van der Waals surface area (Å²) in [7, 11) is -0.922. The summed E-state index contributed by atoms with van der Waals surface area (Å²) < 4.78 is 23.6. The lowest BCUT2D eigenvalue weighted by atomic mass is 10.2. The molecule has 2 rings (SSSR count). The molecule has 0 N–H and O–H groups in total. The first-order valence-corrected chi connectivity index (χ1v) is 9.04. The van der Waals surface area contributed by atoms with E-state index >= 15 is 0 Å². The molecule has 4 heteroatoms. The minimum atomic E-state index is -2.94. The largest absolute Gasteiger partial charge is 0.298 e. The van der Waals surface area contributed by atoms with Gasteiger partial charge in [0.2, 0.25) is 0 Å². The average Bonchev–Trinajstić information content (AvgIpc) is 2.89. The van der Waals surface area contributed by atoms with E-state index in [0.717, 1.165) is 25.8 Å². The fourth-order valence-corrected chi connectivity index (χ4v) is 4.47. The van der Waals surface area contributed by atoms with Crippen LogP contribution in [0, 0.1) is 0 Å². The van der Waals surface area contributed by atoms with Crippen molar-refractivity contribution in [1.29, 1.82) is 0 Å². The van der Waals surface area contributed by atoms with E-state index < -0.39 is 9.84 Å². The molecule has 2 atom stereocenters. The highest BCUT2D eigenvalue weighted by Gasteiger charge is 2.36. The van der Waals surface area contributed by atoms with Crippen molar-refractivity contribution in [3.63, 3.8) is 0 Å². The topological polar surface area (TPSA) is 37.4 Å². The van der Waals surface area contributed by atoms with Crippen LogP contribution in [0.1, 0.15) is 24.8 Å². The van der Waals surface area contributed by atoms with Crippen LogP contribution in [0.5, 0.6) is 0 Å². The predicted octanol–water partition coefficient (Wildman–Crippen LogP) is 2.60. The van der Waals surface area contributed by atoms with Crippen LogP contribution in [0.3, 0.4) is 0 Å². The van der Waals surface area contributed by atoms with E-state index in [0.29, 0.717) is 0 Å². The minimum Gasteiger partial charge on any atom is -0.298 e. The van der Waals surface area contributed by atoms with Crippen molar-refractivity contribution in [2.75, 3.05) is 19.8 Å². The lowest BCUT2D eigenvalue weighted by Gasteiger charge is -2.27. The van der Waals surface area contributed by atoms with E-state index in [-0.39, 0.29) is 11.3 Å². The molecule has 0 unspecified atom stereocenters. The molecule has 0 aliphatic heterocycles. The Hall–Kier alpha value is -1.13. The van der Waals surface area contributed by atoms with E-state index in [1.807, 2.05) is 25.2 Å². The Balaban J connectivity index is 1.95. The molecule has 0 amide bonds. The molecule has 0 radical (unpaired) electrons. The molecule has 1 saturated carbocycles. The Bertz CT molecular complexity index is 551. The monoisotopic (exact) mass is 293 g/mol. The van der Waals surface area contributed by atoms with Crippen LogP contribution in [0.15, 0.2) is 36.4 Å². The Kier molecular flexibility index (Phi) is 5.00. The quantitative estimate of drug-likeness (QED) is 0.837. The van der Waals surface area contributed by atoms with Crippen LogP contribution in [0.4, 0.5) is 0 Å². The average molecular weight is 293 g/mol. The predicted molar refractivity (Wildman–Crippen MR) is 84.4 cm³/mol. The van der Waals surface area contributed by atoms with E-state index in [4.69, 9.17) is 0 Å². The molecule has 1 fully saturated rings. The van der Waals surface area contributed by atoms with Crippen molar-refractivity contribution in [1.82, 2.24) is 4.90 Å². The second-order valence-corrected chi connectivity index (χ2v) is 7.88. The molecular formula is C16H23NO2S. The molecule has 3 nitrogen and oxygen atoms in total. The molecule has 0 aromatic heterocycles. The first-order valence-electron chi connectivity index (χ1n) is 7.09. The molecular weight excluding hydrogens is 270 g/mol. The molecule has 0 bridgehead atoms. The van der Waals surface area contributed by atoms with Crippen LogP contribution >= 0.6 is 0 Å². The van der Waals surface area contributed by atoms with E-state index in [2.05, 4.69) is 29.2 Å². The first-order chi connectivity index (χ1) is 9.48. The second-order valence-electron chi connectivity index (χ2n) is 5.62. The van der Waals surface area contributed by atoms with Crippen LogP contribution in [-0.4, -0.2) is 44.5 Å². The number of nitrogens with zero attached hydrogens (tertiary/aromatic N) is 1. The zero-order valence-corrected chi connectivity index (χ0v) is 13.0. The van der Waals surface area contributed by atoms with Crippen molar-refractivity contribution >= 4 is 15.9 Å². The van der Waals surface area contributed by atoms with Crippen molar-refractivity contribution in [2.24, 2.45) is 0 Å². The fraction of sp³-hybridized carbons (Fsp3) is 0.500. The summed E-state index contributed by atoms with van der Waals surface area (Å²) in [6.07, 6.45) is 8.34. The van der Waals surface area contributed by atoms with Gasteiger partial charge in [-0.05, 0) is 25.5 Å². The van der Waals surface area contributed by atoms with Gasteiger partial charge < -0.3 is 0 Å². The van der Waals surface area contributed by atoms with Gasteiger partial charge >= 0.3 is 0 Å². The highest BCUT2D eigenvalue weighted by Crippen LogP contribution is 2.28. The SMILES string of the molecule is CN(C/C=C/c1ccccc1)[C@@H]1CCC[C@@H]1S(C)(=O)=O. The number of sulfone groups is 1. The summed E-state index contributed by atoms with van der Waals surface area (Å²) >= 11 is 0. The number of hydrogen-bond acceptors (Lipinski definition) is 3. The molecule has 0 saturated heterocycles. The normalized spacial score (nSPS) is 23.8. The lowest BCUT2D eigenvalue weighted by Crippen LogP contribution is -2.41. The minimum absolute atomic E-state index is 0.158. The standard InChI is InChI=1S/C16H23NO2S/c1-17(13-7-10-14-8-4-3-5-9-14)15-11-6-12-16(15)20(2,18)19/h3-5,7-10,15-16H,6,11-13H2,1-2H3/b10-7+/t15-,16+/m1/s1. The smallest absolute Gasteiger partial charge is 0.151 e. The number of hydrogen-bond donors (Lipinski definition) is 0. The Labute approximate surface area is 122 Å². The Morgan fingerprint density at radius 2 is 1.95 bits per heavy atom. The van der Waals surface area contributed by atoms with Crippen LogP contribution < -0.4 is 0 Å². The van der Waals surface area contributed by atoms with Gasteiger partial charge in [0.1, 0.15) is 0 Å². The molecule has 0 spiro atoms. The summed E-state index contributed by atoms with van der Waals surface area (Å²) in [6.45, 7) is 0.783. The van der Waals surface area contributed by atoms with Crippen molar-refractivity contribution in [2.45, 2.75) is 30.6 Å². The van der Waals surface area contributed by atoms with Crippen LogP contribution in [0.2, 0.25) is 0 Å². The van der Waals surface area contributed by atoms with Crippen molar-refractivity contribution in [3.05, 3.63) is 42.0 Å². The zero-order chi connectivity index (χ0) is 14.6. The molecule has 1 aromatic rings. The molecule has 1 aromatic carbocycles. The fourth-order valence-electron chi connectivity index (χ4n) is 2.96. The maximum Gasteiger partial charge on any atom is 0.151 e. The zero-order valence-electron chi connectivity index (χ0n) is 12.2. The molecule has 110 valence electrons. The van der Waals surface area contributed by atoms with Gasteiger partial charge in [-0.3, -0.25) is 4.90 Å². The van der Waals surface area contributed by atoms with Gasteiger partial charge in [-0.25, -0.2) is 8.42 Å². The van der Waals surface area contributed by atoms with Crippen molar-refractivity contribution in [3.8, 4) is 0 Å². The van der Waals surface area contributed by atoms with Gasteiger partial charge in [0.05, 0.1) is 5.25 Å². The summed E-state index contributed by atoms with van der Waals surface area (Å²) in [4.78, 5) is 2.16. The Morgan fingerprint density at radius 1 is 1.25 bits per heavy atom. The summed E-state index contributed by atoms with van der Waals surface area (Å²) in [5.74, 6) is 0. The number of benzene rings is 1. The van der Waals surface area contributed by atoms with Gasteiger partial charge in [0, 0.05) is 18.8 Å². The van der Waals surface area contributed by atoms with Gasteiger partial charge in [-0.1, -0.05) is 48.9 Å². The molecule has 0 heterocycles. The number of likely N-dealkylation sites (N-methyl/N-ethyl adjacent to an activating group) is 1.